The zero-order valence-corrected chi connectivity index (χ0v) is 9.93. The van der Waals surface area contributed by atoms with Crippen LogP contribution in [0.3, 0.4) is 0 Å². The van der Waals surface area contributed by atoms with E-state index in [1.54, 1.807) is 18.0 Å². The minimum Gasteiger partial charge on any atom is -0.469 e. The van der Waals surface area contributed by atoms with Crippen molar-refractivity contribution in [3.8, 4) is 0 Å². The molecule has 0 bridgehead atoms. The van der Waals surface area contributed by atoms with Crippen molar-refractivity contribution < 1.29 is 13.9 Å². The van der Waals surface area contributed by atoms with Gasteiger partial charge in [-0.05, 0) is 30.7 Å². The summed E-state index contributed by atoms with van der Waals surface area (Å²) in [4.78, 5) is 10.8. The third-order valence-electron chi connectivity index (χ3n) is 2.10. The zero-order valence-electron chi connectivity index (χ0n) is 9.12. The summed E-state index contributed by atoms with van der Waals surface area (Å²) in [5.41, 5.74) is 1.19. The molecule has 0 aliphatic heterocycles. The number of carbonyl (C=O) groups is 1. The van der Waals surface area contributed by atoms with E-state index >= 15 is 0 Å². The van der Waals surface area contributed by atoms with Crippen molar-refractivity contribution in [3.63, 3.8) is 0 Å². The molecule has 84 valence electrons. The predicted molar refractivity (Wildman–Crippen MR) is 60.9 cm³/mol. The number of furan rings is 1. The van der Waals surface area contributed by atoms with Gasteiger partial charge in [0.15, 0.2) is 0 Å². The highest BCUT2D eigenvalue weighted by Gasteiger charge is 2.03. The lowest BCUT2D eigenvalue weighted by atomic mass is 10.3. The summed E-state index contributed by atoms with van der Waals surface area (Å²) in [6, 6.07) is 1.96. The first-order valence-electron chi connectivity index (χ1n) is 4.91. The number of ether oxygens (including phenoxy) is 1. The van der Waals surface area contributed by atoms with Gasteiger partial charge in [0.25, 0.3) is 0 Å². The molecule has 0 N–H and O–H groups in total. The van der Waals surface area contributed by atoms with Crippen LogP contribution < -0.4 is 0 Å². The summed E-state index contributed by atoms with van der Waals surface area (Å²) in [6.07, 6.45) is 3.07. The van der Waals surface area contributed by atoms with Crippen LogP contribution in [0.25, 0.3) is 0 Å². The number of methoxy groups -OCH3 is 1. The molecule has 3 nitrogen and oxygen atoms in total. The van der Waals surface area contributed by atoms with Crippen LogP contribution in [0.2, 0.25) is 0 Å². The molecule has 0 fully saturated rings. The summed E-state index contributed by atoms with van der Waals surface area (Å²) in [5.74, 6) is 2.72. The molecule has 4 heteroatoms. The molecule has 0 aliphatic carbocycles. The Morgan fingerprint density at radius 3 is 3.00 bits per heavy atom. The van der Waals surface area contributed by atoms with Gasteiger partial charge in [0.2, 0.25) is 0 Å². The van der Waals surface area contributed by atoms with E-state index in [0.29, 0.717) is 6.42 Å². The molecule has 0 atom stereocenters. The summed E-state index contributed by atoms with van der Waals surface area (Å²) >= 11 is 1.78. The van der Waals surface area contributed by atoms with Crippen LogP contribution in [-0.4, -0.2) is 18.8 Å². The smallest absolute Gasteiger partial charge is 0.305 e. The van der Waals surface area contributed by atoms with E-state index in [9.17, 15) is 4.79 Å². The summed E-state index contributed by atoms with van der Waals surface area (Å²) in [6.45, 7) is 2.04. The third kappa shape index (κ3) is 4.42. The number of aryl methyl sites for hydroxylation is 1. The second kappa shape index (κ2) is 6.56. The number of hydrogen-bond donors (Lipinski definition) is 0. The molecule has 0 aromatic carbocycles. The van der Waals surface area contributed by atoms with Gasteiger partial charge in [-0.25, -0.2) is 0 Å². The largest absolute Gasteiger partial charge is 0.469 e. The average molecular weight is 228 g/mol. The highest BCUT2D eigenvalue weighted by Crippen LogP contribution is 2.17. The van der Waals surface area contributed by atoms with Crippen LogP contribution in [0, 0.1) is 6.92 Å². The fourth-order valence-corrected chi connectivity index (χ4v) is 2.11. The van der Waals surface area contributed by atoms with Crippen molar-refractivity contribution in [2.75, 3.05) is 12.9 Å². The Balaban J connectivity index is 2.07. The van der Waals surface area contributed by atoms with Crippen molar-refractivity contribution >= 4 is 17.7 Å². The molecular formula is C11H16O3S. The van der Waals surface area contributed by atoms with Crippen molar-refractivity contribution in [2.24, 2.45) is 0 Å². The second-order valence-corrected chi connectivity index (χ2v) is 4.36. The van der Waals surface area contributed by atoms with Gasteiger partial charge in [-0.15, -0.1) is 0 Å². The zero-order chi connectivity index (χ0) is 11.1. The summed E-state index contributed by atoms with van der Waals surface area (Å²) in [7, 11) is 1.42. The Bertz CT molecular complexity index is 307. The molecule has 0 unspecified atom stereocenters. The minimum atomic E-state index is -0.134. The van der Waals surface area contributed by atoms with Gasteiger partial charge >= 0.3 is 5.97 Å². The lowest BCUT2D eigenvalue weighted by Crippen LogP contribution is -2.00. The van der Waals surface area contributed by atoms with E-state index < -0.39 is 0 Å². The predicted octanol–water partition coefficient (Wildman–Crippen LogP) is 2.77. The maximum atomic E-state index is 10.8. The van der Waals surface area contributed by atoms with Gasteiger partial charge < -0.3 is 9.15 Å². The Morgan fingerprint density at radius 1 is 1.60 bits per heavy atom. The Hall–Kier alpha value is -0.900. The van der Waals surface area contributed by atoms with Gasteiger partial charge in [-0.1, -0.05) is 0 Å². The number of rotatable bonds is 6. The quantitative estimate of drug-likeness (QED) is 0.554. The van der Waals surface area contributed by atoms with E-state index in [1.807, 2.05) is 13.0 Å². The van der Waals surface area contributed by atoms with Crippen molar-refractivity contribution in [1.82, 2.24) is 0 Å². The molecule has 0 amide bonds. The first-order chi connectivity index (χ1) is 7.24. The first-order valence-corrected chi connectivity index (χ1v) is 6.07. The van der Waals surface area contributed by atoms with Crippen LogP contribution in [0.5, 0.6) is 0 Å². The van der Waals surface area contributed by atoms with E-state index in [-0.39, 0.29) is 5.97 Å². The molecule has 1 aromatic rings. The minimum absolute atomic E-state index is 0.134. The topological polar surface area (TPSA) is 39.4 Å². The fourth-order valence-electron chi connectivity index (χ4n) is 1.14. The van der Waals surface area contributed by atoms with Crippen LogP contribution >= 0.6 is 11.8 Å². The Morgan fingerprint density at radius 2 is 2.40 bits per heavy atom. The average Bonchev–Trinajstić information content (AvgIpc) is 2.63. The van der Waals surface area contributed by atoms with Crippen LogP contribution in [0.1, 0.15) is 24.2 Å². The van der Waals surface area contributed by atoms with Crippen LogP contribution in [-0.2, 0) is 15.3 Å². The lowest BCUT2D eigenvalue weighted by molar-refractivity contribution is -0.140. The van der Waals surface area contributed by atoms with Gasteiger partial charge in [0.05, 0.1) is 19.1 Å². The summed E-state index contributed by atoms with van der Waals surface area (Å²) in [5, 5.41) is 0. The number of carbonyl (C=O) groups excluding carboxylic acids is 1. The molecule has 0 saturated heterocycles. The van der Waals surface area contributed by atoms with Crippen LogP contribution in [0.15, 0.2) is 16.7 Å². The number of thioether (sulfide) groups is 1. The second-order valence-electron chi connectivity index (χ2n) is 3.26. The Labute approximate surface area is 94.2 Å². The van der Waals surface area contributed by atoms with Crippen molar-refractivity contribution in [3.05, 3.63) is 23.7 Å². The highest BCUT2D eigenvalue weighted by atomic mass is 32.2. The lowest BCUT2D eigenvalue weighted by Gasteiger charge is -2.00. The molecular weight excluding hydrogens is 212 g/mol. The SMILES string of the molecule is COC(=O)CCCSCc1occc1C. The van der Waals surface area contributed by atoms with E-state index in [1.165, 1.54) is 12.7 Å². The fraction of sp³-hybridized carbons (Fsp3) is 0.545. The number of hydrogen-bond acceptors (Lipinski definition) is 4. The molecule has 0 radical (unpaired) electrons. The maximum Gasteiger partial charge on any atom is 0.305 e. The molecule has 0 spiro atoms. The normalized spacial score (nSPS) is 10.3. The standard InChI is InChI=1S/C11H16O3S/c1-9-5-6-14-10(9)8-15-7-3-4-11(12)13-2/h5-6H,3-4,7-8H2,1-2H3. The van der Waals surface area contributed by atoms with Crippen molar-refractivity contribution in [2.45, 2.75) is 25.5 Å². The molecule has 15 heavy (non-hydrogen) atoms. The highest BCUT2D eigenvalue weighted by molar-refractivity contribution is 7.98. The van der Waals surface area contributed by atoms with E-state index in [2.05, 4.69) is 4.74 Å². The van der Waals surface area contributed by atoms with Crippen LogP contribution in [0.4, 0.5) is 0 Å². The molecule has 0 saturated carbocycles. The van der Waals surface area contributed by atoms with Gasteiger partial charge in [-0.3, -0.25) is 4.79 Å². The van der Waals surface area contributed by atoms with Crippen molar-refractivity contribution in [1.29, 1.82) is 0 Å². The number of esters is 1. The van der Waals surface area contributed by atoms with Gasteiger partial charge in [0.1, 0.15) is 5.76 Å². The molecule has 1 rings (SSSR count). The van der Waals surface area contributed by atoms with Gasteiger partial charge in [-0.2, -0.15) is 11.8 Å². The first kappa shape index (κ1) is 12.2. The third-order valence-corrected chi connectivity index (χ3v) is 3.14. The maximum absolute atomic E-state index is 10.8. The Kier molecular flexibility index (Phi) is 5.32. The van der Waals surface area contributed by atoms with Gasteiger partial charge in [0, 0.05) is 6.42 Å². The van der Waals surface area contributed by atoms with E-state index in [0.717, 1.165) is 23.7 Å². The molecule has 1 aromatic heterocycles. The monoisotopic (exact) mass is 228 g/mol. The van der Waals surface area contributed by atoms with E-state index in [4.69, 9.17) is 4.42 Å². The molecule has 1 heterocycles. The molecule has 0 aliphatic rings. The summed E-state index contributed by atoms with van der Waals surface area (Å²) < 4.78 is 9.86.